The molecule has 1 aromatic heterocycles. The number of carbonyl (C=O) groups excluding carboxylic acids is 1. The van der Waals surface area contributed by atoms with E-state index in [1.807, 2.05) is 6.07 Å². The van der Waals surface area contributed by atoms with E-state index in [-0.39, 0.29) is 5.91 Å². The third-order valence-electron chi connectivity index (χ3n) is 0.946. The molecule has 0 aliphatic carbocycles. The van der Waals surface area contributed by atoms with E-state index in [2.05, 4.69) is 37.2 Å². The van der Waals surface area contributed by atoms with Crippen molar-refractivity contribution >= 4 is 54.1 Å². The number of thiophene rings is 1. The molecule has 0 saturated carbocycles. The maximum atomic E-state index is 10.6. The quantitative estimate of drug-likeness (QED) is 0.847. The number of rotatable bonds is 1. The number of hydrogen-bond donors (Lipinski definition) is 1. The Bertz CT molecular complexity index is 284. The molecule has 1 amide bonds. The first kappa shape index (κ1) is 9.22. The molecule has 0 spiro atoms. The Kier molecular flexibility index (Phi) is 3.09. The number of nitrogens with one attached hydrogen (secondary N) is 1. The summed E-state index contributed by atoms with van der Waals surface area (Å²) in [5, 5.41) is 3.53. The van der Waals surface area contributed by atoms with E-state index in [0.29, 0.717) is 0 Å². The summed E-state index contributed by atoms with van der Waals surface area (Å²) < 4.78 is 1.90. The molecule has 0 atom stereocenters. The fraction of sp³-hybridized carbons (Fsp3) is 0.167. The molecule has 0 bridgehead atoms. The van der Waals surface area contributed by atoms with Crippen LogP contribution in [-0.2, 0) is 4.79 Å². The first-order valence-corrected chi connectivity index (χ1v) is 5.22. The summed E-state index contributed by atoms with van der Waals surface area (Å²) in [5.74, 6) is -0.0555. The predicted octanol–water partition coefficient (Wildman–Crippen LogP) is 3.23. The summed E-state index contributed by atoms with van der Waals surface area (Å²) in [7, 11) is 0. The van der Waals surface area contributed by atoms with Crippen molar-refractivity contribution in [3.05, 3.63) is 14.3 Å². The largest absolute Gasteiger partial charge is 0.317 e. The van der Waals surface area contributed by atoms with E-state index in [9.17, 15) is 4.79 Å². The number of amides is 1. The number of anilines is 1. The highest BCUT2D eigenvalue weighted by molar-refractivity contribution is 9.11. The van der Waals surface area contributed by atoms with Gasteiger partial charge >= 0.3 is 0 Å². The van der Waals surface area contributed by atoms with Crippen molar-refractivity contribution in [1.29, 1.82) is 0 Å². The molecule has 1 rings (SSSR count). The van der Waals surface area contributed by atoms with Crippen LogP contribution in [0.25, 0.3) is 0 Å². The second-order valence-corrected chi connectivity index (χ2v) is 5.19. The topological polar surface area (TPSA) is 29.1 Å². The number of halogens is 2. The smallest absolute Gasteiger partial charge is 0.221 e. The van der Waals surface area contributed by atoms with Crippen LogP contribution in [0.15, 0.2) is 14.3 Å². The van der Waals surface area contributed by atoms with Crippen LogP contribution in [0.3, 0.4) is 0 Å². The Labute approximate surface area is 85.2 Å². The fourth-order valence-corrected chi connectivity index (χ4v) is 3.05. The molecular formula is C6H5Br2NOS. The van der Waals surface area contributed by atoms with Crippen LogP contribution in [0.5, 0.6) is 0 Å². The zero-order chi connectivity index (χ0) is 8.43. The third kappa shape index (κ3) is 2.57. The molecule has 1 N–H and O–H groups in total. The second kappa shape index (κ2) is 3.69. The minimum atomic E-state index is -0.0555. The lowest BCUT2D eigenvalue weighted by Crippen LogP contribution is -2.03. The maximum Gasteiger partial charge on any atom is 0.221 e. The van der Waals surface area contributed by atoms with Crippen LogP contribution in [-0.4, -0.2) is 5.91 Å². The summed E-state index contributed by atoms with van der Waals surface area (Å²) in [6, 6.07) is 1.90. The molecule has 60 valence electrons. The molecule has 0 saturated heterocycles. The normalized spacial score (nSPS) is 9.73. The molecule has 11 heavy (non-hydrogen) atoms. The highest BCUT2D eigenvalue weighted by atomic mass is 79.9. The van der Waals surface area contributed by atoms with Gasteiger partial charge in [-0.05, 0) is 37.9 Å². The van der Waals surface area contributed by atoms with Gasteiger partial charge in [0.15, 0.2) is 0 Å². The summed E-state index contributed by atoms with van der Waals surface area (Å²) in [4.78, 5) is 10.6. The van der Waals surface area contributed by atoms with E-state index in [1.165, 1.54) is 18.3 Å². The highest BCUT2D eigenvalue weighted by Crippen LogP contribution is 2.35. The molecule has 1 aromatic rings. The van der Waals surface area contributed by atoms with Gasteiger partial charge in [0.1, 0.15) is 5.00 Å². The van der Waals surface area contributed by atoms with Crippen LogP contribution in [0.1, 0.15) is 6.92 Å². The zero-order valence-electron chi connectivity index (χ0n) is 5.65. The Morgan fingerprint density at radius 1 is 1.64 bits per heavy atom. The highest BCUT2D eigenvalue weighted by Gasteiger charge is 2.05. The SMILES string of the molecule is CC(=O)Nc1sc(Br)cc1Br. The molecule has 0 fully saturated rings. The Morgan fingerprint density at radius 2 is 2.27 bits per heavy atom. The number of carbonyl (C=O) groups is 1. The molecule has 0 aliphatic rings. The standard InChI is InChI=1S/C6H5Br2NOS/c1-3(10)9-6-4(7)2-5(8)11-6/h2H,1H3,(H,9,10). The van der Waals surface area contributed by atoms with Crippen LogP contribution in [0.4, 0.5) is 5.00 Å². The summed E-state index contributed by atoms with van der Waals surface area (Å²) in [6.45, 7) is 1.49. The van der Waals surface area contributed by atoms with Crippen LogP contribution < -0.4 is 5.32 Å². The molecule has 0 aliphatic heterocycles. The molecule has 0 radical (unpaired) electrons. The average molecular weight is 299 g/mol. The van der Waals surface area contributed by atoms with Crippen molar-refractivity contribution < 1.29 is 4.79 Å². The molecule has 0 aromatic carbocycles. The Balaban J connectivity index is 2.85. The van der Waals surface area contributed by atoms with Crippen molar-refractivity contribution in [2.24, 2.45) is 0 Å². The van der Waals surface area contributed by atoms with Crippen LogP contribution >= 0.6 is 43.2 Å². The van der Waals surface area contributed by atoms with Crippen molar-refractivity contribution in [1.82, 2.24) is 0 Å². The van der Waals surface area contributed by atoms with Gasteiger partial charge in [-0.25, -0.2) is 0 Å². The van der Waals surface area contributed by atoms with E-state index < -0.39 is 0 Å². The van der Waals surface area contributed by atoms with Gasteiger partial charge in [-0.3, -0.25) is 4.79 Å². The van der Waals surface area contributed by atoms with Crippen molar-refractivity contribution in [2.45, 2.75) is 6.92 Å². The van der Waals surface area contributed by atoms with Gasteiger partial charge in [-0.15, -0.1) is 11.3 Å². The maximum absolute atomic E-state index is 10.6. The third-order valence-corrected chi connectivity index (χ3v) is 3.39. The Morgan fingerprint density at radius 3 is 2.64 bits per heavy atom. The zero-order valence-corrected chi connectivity index (χ0v) is 9.64. The minimum absolute atomic E-state index is 0.0555. The van der Waals surface area contributed by atoms with Crippen molar-refractivity contribution in [3.8, 4) is 0 Å². The first-order chi connectivity index (χ1) is 5.09. The van der Waals surface area contributed by atoms with Crippen LogP contribution in [0, 0.1) is 0 Å². The first-order valence-electron chi connectivity index (χ1n) is 2.82. The molecule has 1 heterocycles. The van der Waals surface area contributed by atoms with Gasteiger partial charge in [0, 0.05) is 6.92 Å². The van der Waals surface area contributed by atoms with E-state index in [1.54, 1.807) is 0 Å². The van der Waals surface area contributed by atoms with Crippen molar-refractivity contribution in [3.63, 3.8) is 0 Å². The lowest BCUT2D eigenvalue weighted by molar-refractivity contribution is -0.114. The van der Waals surface area contributed by atoms with Gasteiger partial charge < -0.3 is 5.32 Å². The van der Waals surface area contributed by atoms with Gasteiger partial charge in [0.05, 0.1) is 8.26 Å². The average Bonchev–Trinajstić information content (AvgIpc) is 2.09. The summed E-state index contributed by atoms with van der Waals surface area (Å²) in [5.41, 5.74) is 0. The van der Waals surface area contributed by atoms with Crippen LogP contribution in [0.2, 0.25) is 0 Å². The summed E-state index contributed by atoms with van der Waals surface area (Å²) in [6.07, 6.45) is 0. The monoisotopic (exact) mass is 297 g/mol. The lowest BCUT2D eigenvalue weighted by Gasteiger charge is -1.95. The minimum Gasteiger partial charge on any atom is -0.317 e. The van der Waals surface area contributed by atoms with E-state index in [0.717, 1.165) is 13.3 Å². The fourth-order valence-electron chi connectivity index (χ4n) is 0.586. The molecule has 0 unspecified atom stereocenters. The molecule has 2 nitrogen and oxygen atoms in total. The molecule has 5 heteroatoms. The lowest BCUT2D eigenvalue weighted by atomic mass is 10.6. The number of hydrogen-bond acceptors (Lipinski definition) is 2. The van der Waals surface area contributed by atoms with E-state index in [4.69, 9.17) is 0 Å². The van der Waals surface area contributed by atoms with Gasteiger partial charge in [-0.2, -0.15) is 0 Å². The van der Waals surface area contributed by atoms with Crippen molar-refractivity contribution in [2.75, 3.05) is 5.32 Å². The predicted molar refractivity (Wildman–Crippen MR) is 54.0 cm³/mol. The van der Waals surface area contributed by atoms with Gasteiger partial charge in [-0.1, -0.05) is 0 Å². The second-order valence-electron chi connectivity index (χ2n) is 1.91. The van der Waals surface area contributed by atoms with Gasteiger partial charge in [0.25, 0.3) is 0 Å². The Hall–Kier alpha value is 0.130. The summed E-state index contributed by atoms with van der Waals surface area (Å²) >= 11 is 8.10. The van der Waals surface area contributed by atoms with Gasteiger partial charge in [0.2, 0.25) is 5.91 Å². The van der Waals surface area contributed by atoms with E-state index >= 15 is 0 Å². The molecular weight excluding hydrogens is 294 g/mol.